The molecule has 1 unspecified atom stereocenters. The van der Waals surface area contributed by atoms with Crippen LogP contribution in [0.5, 0.6) is 0 Å². The molecule has 0 spiro atoms. The predicted octanol–water partition coefficient (Wildman–Crippen LogP) is 2.44. The number of rotatable bonds is 3. The van der Waals surface area contributed by atoms with Gasteiger partial charge in [0, 0.05) is 5.41 Å². The van der Waals surface area contributed by atoms with Crippen molar-refractivity contribution in [1.29, 1.82) is 0 Å². The van der Waals surface area contributed by atoms with E-state index in [1.807, 2.05) is 37.3 Å². The van der Waals surface area contributed by atoms with Gasteiger partial charge in [-0.1, -0.05) is 50.6 Å². The molecule has 1 atom stereocenters. The fraction of sp³-hybridized carbons (Fsp3) is 0.438. The molecule has 0 aromatic heterocycles. The molecule has 0 saturated carbocycles. The number of hydroxylamine groups is 1. The maximum atomic E-state index is 12.0. The molecular weight excluding hydrogens is 252 g/mol. The fourth-order valence-corrected chi connectivity index (χ4v) is 1.94. The lowest BCUT2D eigenvalue weighted by Crippen LogP contribution is -2.41. The Morgan fingerprint density at radius 1 is 1.30 bits per heavy atom. The first kappa shape index (κ1) is 14.6. The van der Waals surface area contributed by atoms with Gasteiger partial charge in [-0.2, -0.15) is 0 Å². The van der Waals surface area contributed by atoms with Crippen LogP contribution in [0.15, 0.2) is 36.1 Å². The van der Waals surface area contributed by atoms with Crippen LogP contribution in [0, 0.1) is 12.3 Å². The van der Waals surface area contributed by atoms with Crippen molar-refractivity contribution < 1.29 is 9.63 Å². The minimum atomic E-state index is -0.262. The summed E-state index contributed by atoms with van der Waals surface area (Å²) in [5, 5.41) is 2.89. The highest BCUT2D eigenvalue weighted by molar-refractivity contribution is 5.79. The zero-order valence-corrected chi connectivity index (χ0v) is 12.5. The molecule has 1 aliphatic rings. The number of allylic oxidation sites excluding steroid dienone is 1. The van der Waals surface area contributed by atoms with Crippen molar-refractivity contribution in [2.24, 2.45) is 5.41 Å². The number of carbonyl (C=O) groups excluding carboxylic acids is 1. The first-order valence-electron chi connectivity index (χ1n) is 6.84. The average molecular weight is 274 g/mol. The van der Waals surface area contributed by atoms with E-state index in [9.17, 15) is 4.79 Å². The number of nitrogens with one attached hydrogen (secondary N) is 2. The monoisotopic (exact) mass is 274 g/mol. The van der Waals surface area contributed by atoms with Gasteiger partial charge in [0.1, 0.15) is 11.9 Å². The molecule has 2 rings (SSSR count). The first-order valence-corrected chi connectivity index (χ1v) is 6.84. The minimum absolute atomic E-state index is 0.0265. The van der Waals surface area contributed by atoms with Crippen molar-refractivity contribution in [3.63, 3.8) is 0 Å². The molecule has 0 radical (unpaired) electrons. The lowest BCUT2D eigenvalue weighted by Gasteiger charge is -2.17. The maximum Gasteiger partial charge on any atom is 0.225 e. The number of hydrogen-bond acceptors (Lipinski definition) is 3. The van der Waals surface area contributed by atoms with E-state index in [0.29, 0.717) is 6.42 Å². The van der Waals surface area contributed by atoms with Crippen LogP contribution >= 0.6 is 0 Å². The molecule has 0 bridgehead atoms. The Kier molecular flexibility index (Phi) is 4.14. The number of amides is 1. The highest BCUT2D eigenvalue weighted by atomic mass is 16.7. The van der Waals surface area contributed by atoms with E-state index >= 15 is 0 Å². The molecule has 4 heteroatoms. The average Bonchev–Trinajstić information content (AvgIpc) is 2.80. The van der Waals surface area contributed by atoms with E-state index in [1.165, 1.54) is 5.56 Å². The van der Waals surface area contributed by atoms with Gasteiger partial charge in [-0.05, 0) is 18.6 Å². The topological polar surface area (TPSA) is 50.4 Å². The van der Waals surface area contributed by atoms with E-state index in [4.69, 9.17) is 4.84 Å². The summed E-state index contributed by atoms with van der Waals surface area (Å²) in [4.78, 5) is 17.4. The molecular formula is C16H22N2O2. The maximum absolute atomic E-state index is 12.0. The van der Waals surface area contributed by atoms with E-state index in [-0.39, 0.29) is 17.5 Å². The normalized spacial score (nSPS) is 18.4. The first-order chi connectivity index (χ1) is 9.34. The van der Waals surface area contributed by atoms with Crippen molar-refractivity contribution in [1.82, 2.24) is 10.8 Å². The van der Waals surface area contributed by atoms with Crippen molar-refractivity contribution in [2.75, 3.05) is 0 Å². The summed E-state index contributed by atoms with van der Waals surface area (Å²) in [6.07, 6.45) is 2.02. The molecule has 0 saturated heterocycles. The second-order valence-corrected chi connectivity index (χ2v) is 6.21. The second-order valence-electron chi connectivity index (χ2n) is 6.21. The van der Waals surface area contributed by atoms with Crippen LogP contribution in [-0.2, 0) is 16.1 Å². The van der Waals surface area contributed by atoms with Gasteiger partial charge in [0.05, 0.1) is 6.42 Å². The van der Waals surface area contributed by atoms with Crippen molar-refractivity contribution in [3.8, 4) is 0 Å². The summed E-state index contributed by atoms with van der Waals surface area (Å²) in [5.74, 6) is 0.819. The quantitative estimate of drug-likeness (QED) is 0.890. The lowest BCUT2D eigenvalue weighted by molar-refractivity contribution is -0.121. The number of carbonyl (C=O) groups is 1. The molecule has 4 nitrogen and oxygen atoms in total. The zero-order valence-electron chi connectivity index (χ0n) is 12.5. The largest absolute Gasteiger partial charge is 0.410 e. The van der Waals surface area contributed by atoms with Gasteiger partial charge >= 0.3 is 0 Å². The van der Waals surface area contributed by atoms with Crippen LogP contribution in [0.25, 0.3) is 0 Å². The van der Waals surface area contributed by atoms with Gasteiger partial charge in [-0.3, -0.25) is 4.79 Å². The third-order valence-electron chi connectivity index (χ3n) is 3.15. The lowest BCUT2D eigenvalue weighted by atomic mass is 9.93. The third-order valence-corrected chi connectivity index (χ3v) is 3.15. The van der Waals surface area contributed by atoms with Crippen LogP contribution in [0.4, 0.5) is 0 Å². The molecule has 1 aromatic carbocycles. The summed E-state index contributed by atoms with van der Waals surface area (Å²) in [6.45, 7) is 8.23. The zero-order chi connectivity index (χ0) is 14.8. The van der Waals surface area contributed by atoms with Gasteiger partial charge in [-0.25, -0.2) is 0 Å². The summed E-state index contributed by atoms with van der Waals surface area (Å²) < 4.78 is 0. The number of hydrogen-bond donors (Lipinski definition) is 2. The SMILES string of the molecule is Cc1ccc(CC(=O)NC2C=C(C(C)(C)C)ON2)cc1. The Balaban J connectivity index is 1.90. The Labute approximate surface area is 120 Å². The van der Waals surface area contributed by atoms with Crippen molar-refractivity contribution in [3.05, 3.63) is 47.2 Å². The summed E-state index contributed by atoms with van der Waals surface area (Å²) in [6, 6.07) is 7.97. The number of benzene rings is 1. The van der Waals surface area contributed by atoms with Gasteiger partial charge in [0.15, 0.2) is 0 Å². The van der Waals surface area contributed by atoms with Gasteiger partial charge in [0.25, 0.3) is 0 Å². The Morgan fingerprint density at radius 2 is 1.95 bits per heavy atom. The Hall–Kier alpha value is -1.81. The molecule has 0 aliphatic carbocycles. The molecule has 1 heterocycles. The molecule has 1 amide bonds. The predicted molar refractivity (Wildman–Crippen MR) is 78.6 cm³/mol. The van der Waals surface area contributed by atoms with Gasteiger partial charge in [0.2, 0.25) is 5.91 Å². The van der Waals surface area contributed by atoms with Crippen molar-refractivity contribution in [2.45, 2.75) is 40.3 Å². The fourth-order valence-electron chi connectivity index (χ4n) is 1.94. The molecule has 0 fully saturated rings. The summed E-state index contributed by atoms with van der Waals surface area (Å²) >= 11 is 0. The molecule has 1 aliphatic heterocycles. The third kappa shape index (κ3) is 3.84. The van der Waals surface area contributed by atoms with Gasteiger partial charge in [-0.15, -0.1) is 5.48 Å². The molecule has 1 aromatic rings. The smallest absolute Gasteiger partial charge is 0.225 e. The summed E-state index contributed by atoms with van der Waals surface area (Å²) in [5.41, 5.74) is 4.95. The van der Waals surface area contributed by atoms with Crippen LogP contribution in [0.2, 0.25) is 0 Å². The van der Waals surface area contributed by atoms with E-state index in [1.54, 1.807) is 0 Å². The van der Waals surface area contributed by atoms with Crippen LogP contribution < -0.4 is 10.8 Å². The standard InChI is InChI=1S/C16H22N2O2/c1-11-5-7-12(8-6-11)9-15(19)17-14-10-13(20-18-14)16(2,3)4/h5-8,10,14,18H,9H2,1-4H3,(H,17,19). The second kappa shape index (κ2) is 5.67. The highest BCUT2D eigenvalue weighted by Gasteiger charge is 2.27. The highest BCUT2D eigenvalue weighted by Crippen LogP contribution is 2.28. The van der Waals surface area contributed by atoms with E-state index in [0.717, 1.165) is 11.3 Å². The van der Waals surface area contributed by atoms with Crippen LogP contribution in [0.1, 0.15) is 31.9 Å². The Bertz CT molecular complexity index is 512. The summed E-state index contributed by atoms with van der Waals surface area (Å²) in [7, 11) is 0. The van der Waals surface area contributed by atoms with E-state index in [2.05, 4.69) is 31.6 Å². The molecule has 2 N–H and O–H groups in total. The molecule has 108 valence electrons. The van der Waals surface area contributed by atoms with Crippen LogP contribution in [-0.4, -0.2) is 12.1 Å². The minimum Gasteiger partial charge on any atom is -0.410 e. The van der Waals surface area contributed by atoms with Crippen molar-refractivity contribution >= 4 is 5.91 Å². The van der Waals surface area contributed by atoms with Crippen LogP contribution in [0.3, 0.4) is 0 Å². The van der Waals surface area contributed by atoms with E-state index < -0.39 is 0 Å². The molecule has 20 heavy (non-hydrogen) atoms. The number of aryl methyl sites for hydroxylation is 1. The van der Waals surface area contributed by atoms with Gasteiger partial charge < -0.3 is 10.2 Å². The Morgan fingerprint density at radius 3 is 2.50 bits per heavy atom.